The molecule has 0 saturated carbocycles. The minimum atomic E-state index is -0.316. The number of methoxy groups -OCH3 is 2. The third kappa shape index (κ3) is 6.24. The van der Waals surface area contributed by atoms with E-state index in [1.54, 1.807) is 19.1 Å². The van der Waals surface area contributed by atoms with Crippen molar-refractivity contribution in [1.29, 1.82) is 0 Å². The van der Waals surface area contributed by atoms with Gasteiger partial charge in [-0.2, -0.15) is 0 Å². The lowest BCUT2D eigenvalue weighted by molar-refractivity contribution is -0.142. The maximum atomic E-state index is 13.1. The zero-order valence-electron chi connectivity index (χ0n) is 20.7. The van der Waals surface area contributed by atoms with Crippen molar-refractivity contribution in [2.24, 2.45) is 5.92 Å². The van der Waals surface area contributed by atoms with Crippen LogP contribution in [0.2, 0.25) is 0 Å². The molecular formula is C25H36N4O6. The van der Waals surface area contributed by atoms with E-state index in [-0.39, 0.29) is 30.1 Å². The third-order valence-corrected chi connectivity index (χ3v) is 7.09. The van der Waals surface area contributed by atoms with Crippen molar-refractivity contribution in [1.82, 2.24) is 19.6 Å². The van der Waals surface area contributed by atoms with Crippen molar-refractivity contribution in [3.05, 3.63) is 23.8 Å². The molecule has 4 rings (SSSR count). The van der Waals surface area contributed by atoms with Crippen molar-refractivity contribution in [2.75, 3.05) is 86.3 Å². The van der Waals surface area contributed by atoms with E-state index >= 15 is 0 Å². The van der Waals surface area contributed by atoms with Crippen LogP contribution in [0.4, 0.5) is 0 Å². The quantitative estimate of drug-likeness (QED) is 0.513. The number of morpholine rings is 1. The van der Waals surface area contributed by atoms with Gasteiger partial charge in [0.1, 0.15) is 0 Å². The van der Waals surface area contributed by atoms with Crippen LogP contribution < -0.4 is 9.47 Å². The first kappa shape index (κ1) is 25.2. The summed E-state index contributed by atoms with van der Waals surface area (Å²) >= 11 is 0. The van der Waals surface area contributed by atoms with Crippen LogP contribution in [0.15, 0.2) is 18.2 Å². The molecule has 3 aliphatic heterocycles. The van der Waals surface area contributed by atoms with Gasteiger partial charge in [0.25, 0.3) is 0 Å². The van der Waals surface area contributed by atoms with Crippen molar-refractivity contribution in [3.8, 4) is 11.5 Å². The highest BCUT2D eigenvalue weighted by molar-refractivity contribution is 5.89. The maximum Gasteiger partial charge on any atom is 0.236 e. The standard InChI is InChI=1S/C25H36N4O6/c1-33-21-4-3-19(15-22(21)34-2)5-6-29-17-20(16-23(29)30)25(32)28-9-7-27(8-10-28)24(31)18-26-11-13-35-14-12-26/h3-4,15,20H,5-14,16-18H2,1-2H3. The number of rotatable bonds is 8. The largest absolute Gasteiger partial charge is 0.493 e. The first-order valence-corrected chi connectivity index (χ1v) is 12.3. The normalized spacial score (nSPS) is 21.4. The van der Waals surface area contributed by atoms with Crippen LogP contribution in [0.3, 0.4) is 0 Å². The summed E-state index contributed by atoms with van der Waals surface area (Å²) in [5.74, 6) is 1.16. The van der Waals surface area contributed by atoms with Crippen LogP contribution >= 0.6 is 0 Å². The summed E-state index contributed by atoms with van der Waals surface area (Å²) < 4.78 is 16.0. The van der Waals surface area contributed by atoms with Gasteiger partial charge in [-0.3, -0.25) is 19.3 Å². The molecule has 0 N–H and O–H groups in total. The summed E-state index contributed by atoms with van der Waals surface area (Å²) in [7, 11) is 3.20. The zero-order chi connectivity index (χ0) is 24.8. The number of nitrogens with zero attached hydrogens (tertiary/aromatic N) is 4. The van der Waals surface area contributed by atoms with Gasteiger partial charge in [-0.1, -0.05) is 6.07 Å². The second-order valence-corrected chi connectivity index (χ2v) is 9.27. The molecule has 0 spiro atoms. The lowest BCUT2D eigenvalue weighted by Gasteiger charge is -2.37. The molecule has 10 nitrogen and oxygen atoms in total. The Kier molecular flexibility index (Phi) is 8.46. The SMILES string of the molecule is COc1ccc(CCN2CC(C(=O)N3CCN(C(=O)CN4CCOCC4)CC3)CC2=O)cc1OC. The minimum absolute atomic E-state index is 0.0168. The smallest absolute Gasteiger partial charge is 0.236 e. The van der Waals surface area contributed by atoms with Gasteiger partial charge in [0, 0.05) is 58.8 Å². The second kappa shape index (κ2) is 11.7. The van der Waals surface area contributed by atoms with E-state index in [0.29, 0.717) is 76.9 Å². The Morgan fingerprint density at radius 2 is 1.66 bits per heavy atom. The monoisotopic (exact) mass is 488 g/mol. The fourth-order valence-electron chi connectivity index (χ4n) is 4.94. The van der Waals surface area contributed by atoms with Crippen LogP contribution in [0.5, 0.6) is 11.5 Å². The summed E-state index contributed by atoms with van der Waals surface area (Å²) in [5, 5.41) is 0. The zero-order valence-corrected chi connectivity index (χ0v) is 20.7. The molecule has 0 bridgehead atoms. The minimum Gasteiger partial charge on any atom is -0.493 e. The fourth-order valence-corrected chi connectivity index (χ4v) is 4.94. The van der Waals surface area contributed by atoms with Crippen molar-refractivity contribution in [2.45, 2.75) is 12.8 Å². The highest BCUT2D eigenvalue weighted by Crippen LogP contribution is 2.28. The number of hydrogen-bond acceptors (Lipinski definition) is 7. The molecule has 1 unspecified atom stereocenters. The van der Waals surface area contributed by atoms with Gasteiger partial charge in [0.05, 0.1) is 39.9 Å². The average Bonchev–Trinajstić information content (AvgIpc) is 3.27. The molecule has 0 radical (unpaired) electrons. The van der Waals surface area contributed by atoms with Gasteiger partial charge < -0.3 is 28.9 Å². The van der Waals surface area contributed by atoms with Gasteiger partial charge in [-0.15, -0.1) is 0 Å². The number of hydrogen-bond donors (Lipinski definition) is 0. The number of likely N-dealkylation sites (tertiary alicyclic amines) is 1. The Bertz CT molecular complexity index is 911. The Labute approximate surface area is 206 Å². The van der Waals surface area contributed by atoms with Crippen molar-refractivity contribution >= 4 is 17.7 Å². The number of benzene rings is 1. The predicted molar refractivity (Wildman–Crippen MR) is 128 cm³/mol. The Balaban J connectivity index is 1.23. The lowest BCUT2D eigenvalue weighted by Crippen LogP contribution is -2.54. The van der Waals surface area contributed by atoms with E-state index in [0.717, 1.165) is 18.7 Å². The van der Waals surface area contributed by atoms with Crippen LogP contribution in [0, 0.1) is 5.92 Å². The maximum absolute atomic E-state index is 13.1. The molecule has 10 heteroatoms. The summed E-state index contributed by atoms with van der Waals surface area (Å²) in [6, 6.07) is 5.74. The number of carbonyl (C=O) groups is 3. The Morgan fingerprint density at radius 3 is 2.34 bits per heavy atom. The Morgan fingerprint density at radius 1 is 0.971 bits per heavy atom. The molecule has 0 aromatic heterocycles. The first-order chi connectivity index (χ1) is 17.0. The summed E-state index contributed by atoms with van der Waals surface area (Å²) in [6.07, 6.45) is 0.928. The van der Waals surface area contributed by atoms with Crippen LogP contribution in [0.1, 0.15) is 12.0 Å². The van der Waals surface area contributed by atoms with Crippen molar-refractivity contribution < 1.29 is 28.6 Å². The highest BCUT2D eigenvalue weighted by atomic mass is 16.5. The molecule has 1 atom stereocenters. The van der Waals surface area contributed by atoms with Crippen LogP contribution in [0.25, 0.3) is 0 Å². The van der Waals surface area contributed by atoms with Gasteiger partial charge in [0.15, 0.2) is 11.5 Å². The molecule has 3 amide bonds. The van der Waals surface area contributed by atoms with E-state index < -0.39 is 0 Å². The summed E-state index contributed by atoms with van der Waals surface area (Å²) in [6.45, 7) is 6.42. The second-order valence-electron chi connectivity index (χ2n) is 9.27. The lowest BCUT2D eigenvalue weighted by atomic mass is 10.1. The van der Waals surface area contributed by atoms with Gasteiger partial charge >= 0.3 is 0 Å². The van der Waals surface area contributed by atoms with Gasteiger partial charge in [0.2, 0.25) is 17.7 Å². The molecule has 35 heavy (non-hydrogen) atoms. The summed E-state index contributed by atoms with van der Waals surface area (Å²) in [4.78, 5) is 45.9. The molecule has 3 aliphatic rings. The number of ether oxygens (including phenoxy) is 3. The first-order valence-electron chi connectivity index (χ1n) is 12.3. The molecular weight excluding hydrogens is 452 g/mol. The molecule has 3 heterocycles. The Hall–Kier alpha value is -2.85. The van der Waals surface area contributed by atoms with Gasteiger partial charge in [-0.05, 0) is 24.1 Å². The van der Waals surface area contributed by atoms with E-state index in [2.05, 4.69) is 4.90 Å². The topological polar surface area (TPSA) is 91.9 Å². The summed E-state index contributed by atoms with van der Waals surface area (Å²) in [5.41, 5.74) is 1.04. The molecule has 1 aromatic rings. The number of carbonyl (C=O) groups excluding carboxylic acids is 3. The van der Waals surface area contributed by atoms with Gasteiger partial charge in [-0.25, -0.2) is 0 Å². The van der Waals surface area contributed by atoms with Crippen molar-refractivity contribution in [3.63, 3.8) is 0 Å². The molecule has 3 saturated heterocycles. The van der Waals surface area contributed by atoms with E-state index in [1.807, 2.05) is 28.0 Å². The molecule has 0 aliphatic carbocycles. The van der Waals surface area contributed by atoms with E-state index in [9.17, 15) is 14.4 Å². The fraction of sp³-hybridized carbons (Fsp3) is 0.640. The van der Waals surface area contributed by atoms with Crippen LogP contribution in [-0.2, 0) is 25.5 Å². The number of piperazine rings is 1. The number of amides is 3. The van der Waals surface area contributed by atoms with Crippen LogP contribution in [-0.4, -0.2) is 124 Å². The highest BCUT2D eigenvalue weighted by Gasteiger charge is 2.37. The third-order valence-electron chi connectivity index (χ3n) is 7.09. The van der Waals surface area contributed by atoms with E-state index in [1.165, 1.54) is 0 Å². The molecule has 3 fully saturated rings. The molecule has 192 valence electrons. The van der Waals surface area contributed by atoms with E-state index in [4.69, 9.17) is 14.2 Å². The molecule has 1 aromatic carbocycles. The average molecular weight is 489 g/mol. The predicted octanol–water partition coefficient (Wildman–Crippen LogP) is 0.0978.